The fourth-order valence-electron chi connectivity index (χ4n) is 3.17. The summed E-state index contributed by atoms with van der Waals surface area (Å²) in [6.45, 7) is 5.68. The Morgan fingerprint density at radius 2 is 1.71 bits per heavy atom. The first kappa shape index (κ1) is 22.4. The van der Waals surface area contributed by atoms with Gasteiger partial charge in [-0.25, -0.2) is 4.79 Å². The van der Waals surface area contributed by atoms with Crippen LogP contribution in [0.25, 0.3) is 11.1 Å². The number of ether oxygens (including phenoxy) is 3. The second-order valence-corrected chi connectivity index (χ2v) is 7.74. The number of carbonyl (C=O) groups is 2. The van der Waals surface area contributed by atoms with Crippen molar-refractivity contribution in [2.24, 2.45) is 0 Å². The third kappa shape index (κ3) is 5.24. The van der Waals surface area contributed by atoms with Gasteiger partial charge in [0, 0.05) is 10.9 Å². The Morgan fingerprint density at radius 1 is 1.03 bits per heavy atom. The van der Waals surface area contributed by atoms with Crippen LogP contribution in [-0.2, 0) is 9.53 Å². The fourth-order valence-corrected chi connectivity index (χ4v) is 4.14. The molecule has 7 heteroatoms. The van der Waals surface area contributed by atoms with E-state index in [-0.39, 0.29) is 19.1 Å². The van der Waals surface area contributed by atoms with Crippen LogP contribution in [0.4, 0.5) is 5.00 Å². The highest BCUT2D eigenvalue weighted by Gasteiger charge is 2.23. The third-order valence-corrected chi connectivity index (χ3v) is 5.58. The van der Waals surface area contributed by atoms with Gasteiger partial charge >= 0.3 is 5.97 Å². The summed E-state index contributed by atoms with van der Waals surface area (Å²) in [6.07, 6.45) is 0. The summed E-state index contributed by atoms with van der Waals surface area (Å²) < 4.78 is 16.2. The minimum atomic E-state index is -0.486. The van der Waals surface area contributed by atoms with Crippen molar-refractivity contribution in [2.75, 3.05) is 25.6 Å². The zero-order valence-corrected chi connectivity index (χ0v) is 18.8. The van der Waals surface area contributed by atoms with Crippen LogP contribution in [0.2, 0.25) is 0 Å². The van der Waals surface area contributed by atoms with Crippen molar-refractivity contribution in [3.05, 3.63) is 64.5 Å². The molecule has 1 heterocycles. The number of amides is 1. The molecule has 1 amide bonds. The SMILES string of the molecule is CCOC(=O)c1c(-c2ccc(OC)cc2)csc1NC(=O)COc1c(C)cccc1C. The average Bonchev–Trinajstić information content (AvgIpc) is 3.17. The van der Waals surface area contributed by atoms with Crippen molar-refractivity contribution in [3.63, 3.8) is 0 Å². The first-order chi connectivity index (χ1) is 14.9. The lowest BCUT2D eigenvalue weighted by molar-refractivity contribution is -0.118. The number of methoxy groups -OCH3 is 1. The summed E-state index contributed by atoms with van der Waals surface area (Å²) in [5, 5.41) is 5.06. The van der Waals surface area contributed by atoms with Crippen LogP contribution in [0.3, 0.4) is 0 Å². The molecule has 6 nitrogen and oxygen atoms in total. The van der Waals surface area contributed by atoms with Crippen LogP contribution in [0.15, 0.2) is 47.8 Å². The molecule has 3 aromatic rings. The predicted octanol–water partition coefficient (Wildman–Crippen LogP) is 5.23. The van der Waals surface area contributed by atoms with E-state index in [2.05, 4.69) is 5.32 Å². The Kier molecular flexibility index (Phi) is 7.31. The molecule has 0 fully saturated rings. The van der Waals surface area contributed by atoms with Gasteiger partial charge in [-0.3, -0.25) is 4.79 Å². The quantitative estimate of drug-likeness (QED) is 0.486. The molecule has 0 bridgehead atoms. The van der Waals surface area contributed by atoms with Crippen molar-refractivity contribution < 1.29 is 23.8 Å². The van der Waals surface area contributed by atoms with Gasteiger partial charge in [-0.05, 0) is 49.6 Å². The van der Waals surface area contributed by atoms with E-state index in [4.69, 9.17) is 14.2 Å². The number of esters is 1. The van der Waals surface area contributed by atoms with Crippen LogP contribution in [0.5, 0.6) is 11.5 Å². The summed E-state index contributed by atoms with van der Waals surface area (Å²) >= 11 is 1.27. The Labute approximate surface area is 185 Å². The summed E-state index contributed by atoms with van der Waals surface area (Å²) in [5.74, 6) is 0.569. The molecule has 2 aromatic carbocycles. The van der Waals surface area contributed by atoms with E-state index in [0.717, 1.165) is 16.7 Å². The molecule has 0 radical (unpaired) electrons. The first-order valence-corrected chi connectivity index (χ1v) is 10.7. The lowest BCUT2D eigenvalue weighted by Gasteiger charge is -2.12. The highest BCUT2D eigenvalue weighted by Crippen LogP contribution is 2.37. The number of hydrogen-bond donors (Lipinski definition) is 1. The largest absolute Gasteiger partial charge is 0.497 e. The number of nitrogens with one attached hydrogen (secondary N) is 1. The molecule has 162 valence electrons. The number of aryl methyl sites for hydroxylation is 2. The lowest BCUT2D eigenvalue weighted by Crippen LogP contribution is -2.21. The maximum Gasteiger partial charge on any atom is 0.341 e. The Bertz CT molecular complexity index is 1050. The molecule has 1 N–H and O–H groups in total. The molecule has 0 aliphatic heterocycles. The van der Waals surface area contributed by atoms with Crippen LogP contribution in [-0.4, -0.2) is 32.2 Å². The molecule has 0 spiro atoms. The molecule has 0 atom stereocenters. The second kappa shape index (κ2) is 10.1. The smallest absolute Gasteiger partial charge is 0.341 e. The van der Waals surface area contributed by atoms with E-state index in [0.29, 0.717) is 27.6 Å². The van der Waals surface area contributed by atoms with Crippen molar-refractivity contribution in [1.82, 2.24) is 0 Å². The zero-order valence-electron chi connectivity index (χ0n) is 18.0. The maximum absolute atomic E-state index is 12.7. The molecular weight excluding hydrogens is 414 g/mol. The molecule has 0 aliphatic carbocycles. The first-order valence-electron chi connectivity index (χ1n) is 9.86. The van der Waals surface area contributed by atoms with E-state index in [1.807, 2.05) is 61.7 Å². The number of hydrogen-bond acceptors (Lipinski definition) is 6. The minimum Gasteiger partial charge on any atom is -0.497 e. The number of carbonyl (C=O) groups excluding carboxylic acids is 2. The van der Waals surface area contributed by atoms with Gasteiger partial charge in [-0.15, -0.1) is 11.3 Å². The third-order valence-electron chi connectivity index (χ3n) is 4.68. The number of para-hydroxylation sites is 1. The second-order valence-electron chi connectivity index (χ2n) is 6.86. The summed E-state index contributed by atoms with van der Waals surface area (Å²) in [4.78, 5) is 25.2. The molecule has 0 unspecified atom stereocenters. The number of anilines is 1. The van der Waals surface area contributed by atoms with Crippen LogP contribution in [0.1, 0.15) is 28.4 Å². The monoisotopic (exact) mass is 439 g/mol. The number of rotatable bonds is 8. The van der Waals surface area contributed by atoms with E-state index < -0.39 is 5.97 Å². The van der Waals surface area contributed by atoms with Crippen LogP contribution < -0.4 is 14.8 Å². The van der Waals surface area contributed by atoms with Gasteiger partial charge < -0.3 is 19.5 Å². The number of benzene rings is 2. The highest BCUT2D eigenvalue weighted by molar-refractivity contribution is 7.15. The van der Waals surface area contributed by atoms with Gasteiger partial charge in [0.15, 0.2) is 6.61 Å². The average molecular weight is 440 g/mol. The van der Waals surface area contributed by atoms with Gasteiger partial charge in [0.1, 0.15) is 22.1 Å². The van der Waals surface area contributed by atoms with Gasteiger partial charge in [0.2, 0.25) is 0 Å². The molecule has 0 saturated carbocycles. The number of thiophene rings is 1. The molecule has 1 aromatic heterocycles. The lowest BCUT2D eigenvalue weighted by atomic mass is 10.0. The van der Waals surface area contributed by atoms with Gasteiger partial charge in [-0.2, -0.15) is 0 Å². The molecule has 0 saturated heterocycles. The maximum atomic E-state index is 12.7. The Morgan fingerprint density at radius 3 is 2.32 bits per heavy atom. The van der Waals surface area contributed by atoms with E-state index in [1.54, 1.807) is 14.0 Å². The molecular formula is C24H25NO5S. The topological polar surface area (TPSA) is 73.9 Å². The normalized spacial score (nSPS) is 10.5. The van der Waals surface area contributed by atoms with E-state index in [9.17, 15) is 9.59 Å². The molecule has 0 aliphatic rings. The molecule has 3 rings (SSSR count). The summed E-state index contributed by atoms with van der Waals surface area (Å²) in [5.41, 5.74) is 3.76. The van der Waals surface area contributed by atoms with Gasteiger partial charge in [0.25, 0.3) is 5.91 Å². The fraction of sp³-hybridized carbons (Fsp3) is 0.250. The standard InChI is InChI=1S/C24H25NO5S/c1-5-29-24(27)21-19(17-9-11-18(28-4)12-10-17)14-31-23(21)25-20(26)13-30-22-15(2)7-6-8-16(22)3/h6-12,14H,5,13H2,1-4H3,(H,25,26). The Hall–Kier alpha value is -3.32. The zero-order chi connectivity index (χ0) is 22.4. The van der Waals surface area contributed by atoms with Crippen molar-refractivity contribution in [2.45, 2.75) is 20.8 Å². The van der Waals surface area contributed by atoms with Crippen molar-refractivity contribution in [3.8, 4) is 22.6 Å². The summed E-state index contributed by atoms with van der Waals surface area (Å²) in [7, 11) is 1.60. The highest BCUT2D eigenvalue weighted by atomic mass is 32.1. The minimum absolute atomic E-state index is 0.163. The molecule has 31 heavy (non-hydrogen) atoms. The van der Waals surface area contributed by atoms with E-state index in [1.165, 1.54) is 11.3 Å². The van der Waals surface area contributed by atoms with Crippen LogP contribution >= 0.6 is 11.3 Å². The van der Waals surface area contributed by atoms with Crippen LogP contribution in [0, 0.1) is 13.8 Å². The van der Waals surface area contributed by atoms with E-state index >= 15 is 0 Å². The van der Waals surface area contributed by atoms with Gasteiger partial charge in [0.05, 0.1) is 13.7 Å². The predicted molar refractivity (Wildman–Crippen MR) is 122 cm³/mol. The Balaban J connectivity index is 1.82. The van der Waals surface area contributed by atoms with Crippen molar-refractivity contribution in [1.29, 1.82) is 0 Å². The van der Waals surface area contributed by atoms with Gasteiger partial charge in [-0.1, -0.05) is 30.3 Å². The van der Waals surface area contributed by atoms with Crippen molar-refractivity contribution >= 4 is 28.2 Å². The summed E-state index contributed by atoms with van der Waals surface area (Å²) in [6, 6.07) is 13.2.